The normalized spacial score (nSPS) is 9.95. The van der Waals surface area contributed by atoms with Gasteiger partial charge in [0.15, 0.2) is 0 Å². The molecule has 6 nitrogen and oxygen atoms in total. The molecule has 110 valence electrons. The number of aryl methyl sites for hydroxylation is 1. The molecule has 3 amide bonds. The molecule has 20 heavy (non-hydrogen) atoms. The van der Waals surface area contributed by atoms with Gasteiger partial charge in [-0.2, -0.15) is 0 Å². The van der Waals surface area contributed by atoms with Crippen molar-refractivity contribution in [2.45, 2.75) is 20.3 Å². The third kappa shape index (κ3) is 5.71. The monoisotopic (exact) mass is 279 g/mol. The zero-order chi connectivity index (χ0) is 15.0. The summed E-state index contributed by atoms with van der Waals surface area (Å²) in [6.07, 6.45) is 0.759. The summed E-state index contributed by atoms with van der Waals surface area (Å²) in [5.74, 6) is -0.149. The molecule has 0 aromatic heterocycles. The predicted molar refractivity (Wildman–Crippen MR) is 79.0 cm³/mol. The van der Waals surface area contributed by atoms with E-state index in [0.29, 0.717) is 24.5 Å². The van der Waals surface area contributed by atoms with Crippen molar-refractivity contribution in [3.05, 3.63) is 23.8 Å². The van der Waals surface area contributed by atoms with Gasteiger partial charge in [-0.3, -0.25) is 4.79 Å². The lowest BCUT2D eigenvalue weighted by atomic mass is 10.2. The van der Waals surface area contributed by atoms with Crippen LogP contribution in [0.15, 0.2) is 18.2 Å². The van der Waals surface area contributed by atoms with Crippen molar-refractivity contribution >= 4 is 23.3 Å². The molecule has 0 saturated heterocycles. The Bertz CT molecular complexity index is 475. The number of methoxy groups -OCH3 is 1. The lowest BCUT2D eigenvalue weighted by Gasteiger charge is -2.11. The lowest BCUT2D eigenvalue weighted by molar-refractivity contribution is -0.114. The molecule has 0 fully saturated rings. The molecule has 0 radical (unpaired) electrons. The number of anilines is 2. The fraction of sp³-hybridized carbons (Fsp3) is 0.429. The van der Waals surface area contributed by atoms with E-state index in [1.54, 1.807) is 19.2 Å². The number of ether oxygens (including phenoxy) is 1. The van der Waals surface area contributed by atoms with Gasteiger partial charge in [0.2, 0.25) is 5.91 Å². The average Bonchev–Trinajstić information content (AvgIpc) is 2.38. The van der Waals surface area contributed by atoms with Gasteiger partial charge in [0.1, 0.15) is 0 Å². The number of urea groups is 1. The standard InChI is InChI=1S/C14H21N3O3/c1-10-5-6-12(16-11(2)18)9-13(10)17-14(19)15-7-4-8-20-3/h5-6,9H,4,7-8H2,1-3H3,(H,16,18)(H2,15,17,19). The second-order valence-electron chi connectivity index (χ2n) is 4.44. The summed E-state index contributed by atoms with van der Waals surface area (Å²) in [6.45, 7) is 4.48. The summed E-state index contributed by atoms with van der Waals surface area (Å²) in [4.78, 5) is 22.7. The van der Waals surface area contributed by atoms with E-state index >= 15 is 0 Å². The number of hydrogen-bond acceptors (Lipinski definition) is 3. The molecule has 0 heterocycles. The van der Waals surface area contributed by atoms with E-state index in [1.807, 2.05) is 13.0 Å². The van der Waals surface area contributed by atoms with Crippen LogP contribution in [0.1, 0.15) is 18.9 Å². The van der Waals surface area contributed by atoms with Gasteiger partial charge in [-0.15, -0.1) is 0 Å². The van der Waals surface area contributed by atoms with E-state index in [-0.39, 0.29) is 11.9 Å². The van der Waals surface area contributed by atoms with E-state index in [0.717, 1.165) is 12.0 Å². The van der Waals surface area contributed by atoms with Crippen LogP contribution in [0.5, 0.6) is 0 Å². The Balaban J connectivity index is 2.57. The number of carbonyl (C=O) groups is 2. The Hall–Kier alpha value is -2.08. The average molecular weight is 279 g/mol. The van der Waals surface area contributed by atoms with E-state index in [2.05, 4.69) is 16.0 Å². The Morgan fingerprint density at radius 2 is 2.00 bits per heavy atom. The topological polar surface area (TPSA) is 79.5 Å². The van der Waals surface area contributed by atoms with Crippen molar-refractivity contribution in [2.24, 2.45) is 0 Å². The summed E-state index contributed by atoms with van der Waals surface area (Å²) in [6, 6.07) is 5.08. The van der Waals surface area contributed by atoms with E-state index in [4.69, 9.17) is 4.74 Å². The Morgan fingerprint density at radius 1 is 1.25 bits per heavy atom. The molecule has 6 heteroatoms. The first-order valence-corrected chi connectivity index (χ1v) is 6.45. The van der Waals surface area contributed by atoms with Crippen LogP contribution in [-0.2, 0) is 9.53 Å². The third-order valence-corrected chi connectivity index (χ3v) is 2.62. The van der Waals surface area contributed by atoms with Crippen molar-refractivity contribution in [3.63, 3.8) is 0 Å². The largest absolute Gasteiger partial charge is 0.385 e. The van der Waals surface area contributed by atoms with Crippen LogP contribution in [0.3, 0.4) is 0 Å². The molecule has 1 rings (SSSR count). The molecular formula is C14H21N3O3. The van der Waals surface area contributed by atoms with E-state index in [9.17, 15) is 9.59 Å². The minimum Gasteiger partial charge on any atom is -0.385 e. The molecule has 0 unspecified atom stereocenters. The van der Waals surface area contributed by atoms with Gasteiger partial charge in [-0.1, -0.05) is 6.07 Å². The van der Waals surface area contributed by atoms with Gasteiger partial charge in [0, 0.05) is 38.6 Å². The number of benzene rings is 1. The maximum Gasteiger partial charge on any atom is 0.319 e. The summed E-state index contributed by atoms with van der Waals surface area (Å²) in [5.41, 5.74) is 2.24. The molecule has 0 bridgehead atoms. The van der Waals surface area contributed by atoms with Crippen LogP contribution >= 0.6 is 0 Å². The SMILES string of the molecule is COCCCNC(=O)Nc1cc(NC(C)=O)ccc1C. The minimum absolute atomic E-state index is 0.149. The molecule has 0 atom stereocenters. The minimum atomic E-state index is -0.274. The fourth-order valence-corrected chi connectivity index (χ4v) is 1.62. The highest BCUT2D eigenvalue weighted by Gasteiger charge is 2.05. The van der Waals surface area contributed by atoms with Crippen molar-refractivity contribution in [1.29, 1.82) is 0 Å². The van der Waals surface area contributed by atoms with Gasteiger partial charge >= 0.3 is 6.03 Å². The predicted octanol–water partition coefficient (Wildman–Crippen LogP) is 2.11. The fourth-order valence-electron chi connectivity index (χ4n) is 1.62. The first-order chi connectivity index (χ1) is 9.52. The number of rotatable bonds is 6. The lowest BCUT2D eigenvalue weighted by Crippen LogP contribution is -2.30. The number of hydrogen-bond donors (Lipinski definition) is 3. The van der Waals surface area contributed by atoms with Crippen LogP contribution in [0.25, 0.3) is 0 Å². The zero-order valence-corrected chi connectivity index (χ0v) is 12.1. The molecule has 3 N–H and O–H groups in total. The second kappa shape index (κ2) is 8.16. The van der Waals surface area contributed by atoms with Crippen LogP contribution in [0.2, 0.25) is 0 Å². The van der Waals surface area contributed by atoms with Crippen LogP contribution in [-0.4, -0.2) is 32.2 Å². The molecule has 0 aliphatic heterocycles. The Labute approximate surface area is 118 Å². The van der Waals surface area contributed by atoms with Crippen LogP contribution in [0.4, 0.5) is 16.2 Å². The van der Waals surface area contributed by atoms with Crippen LogP contribution in [0, 0.1) is 6.92 Å². The molecular weight excluding hydrogens is 258 g/mol. The first kappa shape index (κ1) is 16.0. The smallest absolute Gasteiger partial charge is 0.319 e. The quantitative estimate of drug-likeness (QED) is 0.698. The third-order valence-electron chi connectivity index (χ3n) is 2.62. The number of nitrogens with one attached hydrogen (secondary N) is 3. The maximum absolute atomic E-state index is 11.7. The van der Waals surface area contributed by atoms with E-state index < -0.39 is 0 Å². The van der Waals surface area contributed by atoms with Crippen molar-refractivity contribution in [1.82, 2.24) is 5.32 Å². The highest BCUT2D eigenvalue weighted by Crippen LogP contribution is 2.20. The highest BCUT2D eigenvalue weighted by atomic mass is 16.5. The van der Waals surface area contributed by atoms with E-state index in [1.165, 1.54) is 6.92 Å². The van der Waals surface area contributed by atoms with Gasteiger partial charge in [-0.05, 0) is 31.0 Å². The Morgan fingerprint density at radius 3 is 2.65 bits per heavy atom. The molecule has 1 aromatic rings. The highest BCUT2D eigenvalue weighted by molar-refractivity contribution is 5.93. The maximum atomic E-state index is 11.7. The molecule has 0 spiro atoms. The summed E-state index contributed by atoms with van der Waals surface area (Å²) in [5, 5.41) is 8.17. The Kier molecular flexibility index (Phi) is 6.52. The number of amides is 3. The number of carbonyl (C=O) groups excluding carboxylic acids is 2. The van der Waals surface area contributed by atoms with Crippen molar-refractivity contribution in [3.8, 4) is 0 Å². The summed E-state index contributed by atoms with van der Waals surface area (Å²) < 4.78 is 4.90. The van der Waals surface area contributed by atoms with Gasteiger partial charge < -0.3 is 20.7 Å². The van der Waals surface area contributed by atoms with Gasteiger partial charge in [0.25, 0.3) is 0 Å². The van der Waals surface area contributed by atoms with Crippen molar-refractivity contribution in [2.75, 3.05) is 30.9 Å². The zero-order valence-electron chi connectivity index (χ0n) is 12.1. The van der Waals surface area contributed by atoms with Crippen LogP contribution < -0.4 is 16.0 Å². The summed E-state index contributed by atoms with van der Waals surface area (Å²) >= 11 is 0. The molecule has 0 saturated carbocycles. The molecule has 0 aliphatic carbocycles. The summed E-state index contributed by atoms with van der Waals surface area (Å²) in [7, 11) is 1.62. The van der Waals surface area contributed by atoms with Crippen molar-refractivity contribution < 1.29 is 14.3 Å². The van der Waals surface area contributed by atoms with Gasteiger partial charge in [0.05, 0.1) is 0 Å². The van der Waals surface area contributed by atoms with Gasteiger partial charge in [-0.25, -0.2) is 4.79 Å². The first-order valence-electron chi connectivity index (χ1n) is 6.45. The molecule has 1 aromatic carbocycles. The second-order valence-corrected chi connectivity index (χ2v) is 4.44. The molecule has 0 aliphatic rings.